The molecule has 2 aromatic carbocycles. The van der Waals surface area contributed by atoms with E-state index in [9.17, 15) is 4.79 Å². The highest BCUT2D eigenvalue weighted by Crippen LogP contribution is 2.47. The van der Waals surface area contributed by atoms with Crippen molar-refractivity contribution in [1.82, 2.24) is 10.6 Å². The molecule has 29 heavy (non-hydrogen) atoms. The fraction of sp³-hybridized carbons (Fsp3) is 0.304. The van der Waals surface area contributed by atoms with Crippen LogP contribution in [-0.4, -0.2) is 31.5 Å². The van der Waals surface area contributed by atoms with Crippen LogP contribution < -0.4 is 16.0 Å². The average Bonchev–Trinajstić information content (AvgIpc) is 3.52. The second kappa shape index (κ2) is 10.9. The molecule has 0 aromatic heterocycles. The first-order valence-electron chi connectivity index (χ1n) is 9.59. The van der Waals surface area contributed by atoms with Crippen LogP contribution >= 0.6 is 24.0 Å². The zero-order valence-electron chi connectivity index (χ0n) is 16.6. The fourth-order valence-corrected chi connectivity index (χ4v) is 3.14. The zero-order valence-corrected chi connectivity index (χ0v) is 18.9. The molecule has 0 unspecified atom stereocenters. The number of carbonyl (C=O) groups excluding carboxylic acids is 1. The summed E-state index contributed by atoms with van der Waals surface area (Å²) in [7, 11) is 0. The van der Waals surface area contributed by atoms with Crippen LogP contribution in [0.25, 0.3) is 0 Å². The molecular formula is C23H27IN4O. The molecule has 0 bridgehead atoms. The van der Waals surface area contributed by atoms with Crippen LogP contribution in [0.1, 0.15) is 30.9 Å². The number of carbonyl (C=O) groups is 1. The van der Waals surface area contributed by atoms with Crippen LogP contribution in [0.15, 0.2) is 59.6 Å². The normalized spacial score (nSPS) is 14.1. The van der Waals surface area contributed by atoms with E-state index < -0.39 is 0 Å². The molecule has 1 saturated carbocycles. The van der Waals surface area contributed by atoms with E-state index in [1.54, 1.807) is 6.07 Å². The van der Waals surface area contributed by atoms with Crippen LogP contribution in [0.3, 0.4) is 0 Å². The number of halogens is 1. The first kappa shape index (κ1) is 22.8. The second-order valence-corrected chi connectivity index (χ2v) is 6.97. The van der Waals surface area contributed by atoms with Gasteiger partial charge in [-0.2, -0.15) is 0 Å². The number of benzene rings is 2. The Labute approximate surface area is 189 Å². The van der Waals surface area contributed by atoms with E-state index in [0.29, 0.717) is 11.6 Å². The molecule has 1 fully saturated rings. The highest BCUT2D eigenvalue weighted by Gasteiger charge is 2.43. The molecule has 3 rings (SSSR count). The Morgan fingerprint density at radius 3 is 2.55 bits per heavy atom. The van der Waals surface area contributed by atoms with Crippen LogP contribution in [0.5, 0.6) is 0 Å². The van der Waals surface area contributed by atoms with E-state index in [1.165, 1.54) is 5.56 Å². The van der Waals surface area contributed by atoms with Gasteiger partial charge in [-0.25, -0.2) is 4.99 Å². The van der Waals surface area contributed by atoms with Gasteiger partial charge in [0.2, 0.25) is 5.91 Å². The van der Waals surface area contributed by atoms with E-state index in [2.05, 4.69) is 51.1 Å². The van der Waals surface area contributed by atoms with Gasteiger partial charge in [0.05, 0.1) is 0 Å². The first-order valence-corrected chi connectivity index (χ1v) is 9.59. The summed E-state index contributed by atoms with van der Waals surface area (Å²) in [6.07, 6.45) is 7.72. The summed E-state index contributed by atoms with van der Waals surface area (Å²) in [5.74, 6) is 3.02. The number of nitrogens with one attached hydrogen (secondary N) is 3. The van der Waals surface area contributed by atoms with Crippen molar-refractivity contribution in [2.45, 2.75) is 25.2 Å². The molecule has 1 amide bonds. The van der Waals surface area contributed by atoms with Crippen molar-refractivity contribution in [1.29, 1.82) is 0 Å². The zero-order chi connectivity index (χ0) is 19.8. The van der Waals surface area contributed by atoms with Gasteiger partial charge in [0.15, 0.2) is 5.96 Å². The summed E-state index contributed by atoms with van der Waals surface area (Å²) in [5.41, 5.74) is 2.93. The Morgan fingerprint density at radius 1 is 1.14 bits per heavy atom. The molecule has 0 heterocycles. The van der Waals surface area contributed by atoms with Gasteiger partial charge >= 0.3 is 0 Å². The molecule has 6 heteroatoms. The Bertz CT molecular complexity index is 885. The highest BCUT2D eigenvalue weighted by molar-refractivity contribution is 14.0. The molecular weight excluding hydrogens is 475 g/mol. The van der Waals surface area contributed by atoms with Crippen LogP contribution in [0, 0.1) is 12.3 Å². The first-order chi connectivity index (χ1) is 13.6. The molecule has 0 radical (unpaired) electrons. The SMILES string of the molecule is C#Cc1cccc(NC(=O)CN=C(NCC)NCC2(c3ccccc3)CC2)c1.I. The van der Waals surface area contributed by atoms with Gasteiger partial charge in [-0.1, -0.05) is 42.3 Å². The van der Waals surface area contributed by atoms with E-state index in [0.717, 1.165) is 31.5 Å². The minimum atomic E-state index is -0.185. The van der Waals surface area contributed by atoms with Crippen LogP contribution in [0.4, 0.5) is 5.69 Å². The van der Waals surface area contributed by atoms with E-state index >= 15 is 0 Å². The smallest absolute Gasteiger partial charge is 0.246 e. The number of aliphatic imine (C=N–C) groups is 1. The number of nitrogens with zero attached hydrogens (tertiary/aromatic N) is 1. The summed E-state index contributed by atoms with van der Waals surface area (Å²) < 4.78 is 0. The van der Waals surface area contributed by atoms with Crippen LogP contribution in [0.2, 0.25) is 0 Å². The summed E-state index contributed by atoms with van der Waals surface area (Å²) in [6, 6.07) is 17.8. The minimum absolute atomic E-state index is 0. The molecule has 0 aliphatic heterocycles. The topological polar surface area (TPSA) is 65.5 Å². The predicted molar refractivity (Wildman–Crippen MR) is 130 cm³/mol. The Hall–Kier alpha value is -2.53. The number of amides is 1. The van der Waals surface area contributed by atoms with Crippen molar-refractivity contribution in [3.8, 4) is 12.3 Å². The molecule has 5 nitrogen and oxygen atoms in total. The lowest BCUT2D eigenvalue weighted by atomic mass is 9.96. The molecule has 0 atom stereocenters. The molecule has 1 aliphatic rings. The lowest BCUT2D eigenvalue weighted by Crippen LogP contribution is -2.41. The van der Waals surface area contributed by atoms with Gasteiger partial charge in [0.1, 0.15) is 6.54 Å². The van der Waals surface area contributed by atoms with Crippen molar-refractivity contribution in [3.05, 3.63) is 65.7 Å². The van der Waals surface area contributed by atoms with E-state index in [1.807, 2.05) is 31.2 Å². The van der Waals surface area contributed by atoms with Crippen molar-refractivity contribution in [2.24, 2.45) is 4.99 Å². The third-order valence-electron chi connectivity index (χ3n) is 4.87. The number of hydrogen-bond donors (Lipinski definition) is 3. The largest absolute Gasteiger partial charge is 0.357 e. The Balaban J connectivity index is 0.00000300. The molecule has 3 N–H and O–H groups in total. The van der Waals surface area contributed by atoms with E-state index in [4.69, 9.17) is 6.42 Å². The van der Waals surface area contributed by atoms with Crippen molar-refractivity contribution >= 4 is 41.5 Å². The highest BCUT2D eigenvalue weighted by atomic mass is 127. The summed E-state index contributed by atoms with van der Waals surface area (Å²) >= 11 is 0. The van der Waals surface area contributed by atoms with Crippen molar-refractivity contribution < 1.29 is 4.79 Å². The Kier molecular flexibility index (Phi) is 8.52. The predicted octanol–water partition coefficient (Wildman–Crippen LogP) is 3.51. The molecule has 1 aliphatic carbocycles. The molecule has 0 saturated heterocycles. The molecule has 2 aromatic rings. The lowest BCUT2D eigenvalue weighted by molar-refractivity contribution is -0.114. The number of anilines is 1. The van der Waals surface area contributed by atoms with Gasteiger partial charge in [0.25, 0.3) is 0 Å². The van der Waals surface area contributed by atoms with Crippen LogP contribution in [-0.2, 0) is 10.2 Å². The number of guanidine groups is 1. The standard InChI is InChI=1S/C23H26N4O.HI/c1-3-18-9-8-12-20(15-18)27-21(28)16-25-22(24-4-2)26-17-23(13-14-23)19-10-6-5-7-11-19;/h1,5-12,15H,4,13-14,16-17H2,2H3,(H,27,28)(H2,24,25,26);1H. The summed E-state index contributed by atoms with van der Waals surface area (Å²) in [6.45, 7) is 3.57. The van der Waals surface area contributed by atoms with Gasteiger partial charge in [0, 0.05) is 29.8 Å². The number of rotatable bonds is 7. The maximum absolute atomic E-state index is 12.2. The maximum Gasteiger partial charge on any atom is 0.246 e. The van der Waals surface area contributed by atoms with Gasteiger partial charge < -0.3 is 16.0 Å². The summed E-state index contributed by atoms with van der Waals surface area (Å²) in [4.78, 5) is 16.6. The quantitative estimate of drug-likeness (QED) is 0.235. The minimum Gasteiger partial charge on any atom is -0.357 e. The third kappa shape index (κ3) is 6.50. The van der Waals surface area contributed by atoms with Gasteiger partial charge in [-0.15, -0.1) is 30.4 Å². The lowest BCUT2D eigenvalue weighted by Gasteiger charge is -2.19. The van der Waals surface area contributed by atoms with Crippen molar-refractivity contribution in [3.63, 3.8) is 0 Å². The number of terminal acetylenes is 1. The number of hydrogen-bond acceptors (Lipinski definition) is 2. The third-order valence-corrected chi connectivity index (χ3v) is 4.87. The Morgan fingerprint density at radius 2 is 1.90 bits per heavy atom. The van der Waals surface area contributed by atoms with Gasteiger partial charge in [-0.05, 0) is 43.5 Å². The summed E-state index contributed by atoms with van der Waals surface area (Å²) in [5, 5.41) is 9.42. The second-order valence-electron chi connectivity index (χ2n) is 6.97. The van der Waals surface area contributed by atoms with E-state index in [-0.39, 0.29) is 41.8 Å². The maximum atomic E-state index is 12.2. The average molecular weight is 502 g/mol. The monoisotopic (exact) mass is 502 g/mol. The van der Waals surface area contributed by atoms with Gasteiger partial charge in [-0.3, -0.25) is 4.79 Å². The fourth-order valence-electron chi connectivity index (χ4n) is 3.14. The molecule has 152 valence electrons. The van der Waals surface area contributed by atoms with Crippen molar-refractivity contribution in [2.75, 3.05) is 25.0 Å². The molecule has 0 spiro atoms.